The van der Waals surface area contributed by atoms with E-state index in [-0.39, 0.29) is 30.6 Å². The van der Waals surface area contributed by atoms with E-state index in [1.165, 1.54) is 0 Å². The highest BCUT2D eigenvalue weighted by Crippen LogP contribution is 2.22. The van der Waals surface area contributed by atoms with Gasteiger partial charge in [-0.3, -0.25) is 4.79 Å². The average Bonchev–Trinajstić information content (AvgIpc) is 2.35. The number of morpholine rings is 1. The van der Waals surface area contributed by atoms with Gasteiger partial charge in [0.05, 0.1) is 32.3 Å². The third kappa shape index (κ3) is 6.77. The first-order valence-corrected chi connectivity index (χ1v) is 7.21. The predicted octanol–water partition coefficient (Wildman–Crippen LogP) is 0.669. The first kappa shape index (κ1) is 17.7. The maximum absolute atomic E-state index is 12.2. The largest absolute Gasteiger partial charge is 0.481 e. The number of amides is 2. The van der Waals surface area contributed by atoms with Crippen LogP contribution in [0.1, 0.15) is 33.6 Å². The quantitative estimate of drug-likeness (QED) is 0.693. The lowest BCUT2D eigenvalue weighted by atomic mass is 9.87. The minimum atomic E-state index is -0.931. The van der Waals surface area contributed by atoms with Crippen molar-refractivity contribution in [3.05, 3.63) is 0 Å². The highest BCUT2D eigenvalue weighted by Gasteiger charge is 2.27. The molecule has 1 rings (SSSR count). The highest BCUT2D eigenvalue weighted by molar-refractivity contribution is 5.76. The molecule has 2 amide bonds. The molecule has 0 saturated carbocycles. The number of hydrogen-bond donors (Lipinski definition) is 3. The second-order valence-corrected chi connectivity index (χ2v) is 6.63. The molecule has 3 N–H and O–H groups in total. The van der Waals surface area contributed by atoms with Crippen molar-refractivity contribution >= 4 is 12.0 Å². The van der Waals surface area contributed by atoms with E-state index in [1.807, 2.05) is 20.8 Å². The SMILES string of the molecule is CC(C)(C)CC(CC(=O)O)NC(=O)N1CCOC(CO)C1. The molecule has 7 heteroatoms. The molecule has 7 nitrogen and oxygen atoms in total. The third-order valence-corrected chi connectivity index (χ3v) is 3.24. The number of carbonyl (C=O) groups is 2. The number of carboxylic acids is 1. The molecule has 1 aliphatic heterocycles. The molecule has 1 heterocycles. The smallest absolute Gasteiger partial charge is 0.317 e. The molecule has 0 aromatic heterocycles. The van der Waals surface area contributed by atoms with Crippen LogP contribution in [0.4, 0.5) is 4.79 Å². The number of aliphatic hydroxyl groups is 1. The fourth-order valence-electron chi connectivity index (χ4n) is 2.40. The summed E-state index contributed by atoms with van der Waals surface area (Å²) < 4.78 is 5.29. The van der Waals surface area contributed by atoms with Gasteiger partial charge in [0, 0.05) is 12.6 Å². The molecular weight excluding hydrogens is 276 g/mol. The number of urea groups is 1. The Balaban J connectivity index is 2.60. The summed E-state index contributed by atoms with van der Waals surface area (Å²) in [4.78, 5) is 24.7. The minimum absolute atomic E-state index is 0.0773. The topological polar surface area (TPSA) is 99.1 Å². The first-order chi connectivity index (χ1) is 9.71. The molecule has 21 heavy (non-hydrogen) atoms. The molecule has 0 aromatic carbocycles. The van der Waals surface area contributed by atoms with Crippen LogP contribution in [0.25, 0.3) is 0 Å². The Morgan fingerprint density at radius 3 is 2.62 bits per heavy atom. The molecule has 122 valence electrons. The number of nitrogens with one attached hydrogen (secondary N) is 1. The van der Waals surface area contributed by atoms with E-state index in [0.29, 0.717) is 26.1 Å². The Morgan fingerprint density at radius 2 is 2.10 bits per heavy atom. The lowest BCUT2D eigenvalue weighted by molar-refractivity contribution is -0.137. The number of aliphatic carboxylic acids is 1. The van der Waals surface area contributed by atoms with E-state index >= 15 is 0 Å². The minimum Gasteiger partial charge on any atom is -0.481 e. The third-order valence-electron chi connectivity index (χ3n) is 3.24. The predicted molar refractivity (Wildman–Crippen MR) is 77.0 cm³/mol. The molecular formula is C14H26N2O5. The van der Waals surface area contributed by atoms with E-state index in [0.717, 1.165) is 0 Å². The van der Waals surface area contributed by atoms with Crippen molar-refractivity contribution in [2.24, 2.45) is 5.41 Å². The van der Waals surface area contributed by atoms with Crippen LogP contribution in [-0.2, 0) is 9.53 Å². The van der Waals surface area contributed by atoms with Gasteiger partial charge >= 0.3 is 12.0 Å². The molecule has 0 aliphatic carbocycles. The number of carboxylic acid groups (broad SMARTS) is 1. The molecule has 0 aromatic rings. The van der Waals surface area contributed by atoms with Crippen LogP contribution >= 0.6 is 0 Å². The van der Waals surface area contributed by atoms with Crippen molar-refractivity contribution in [3.8, 4) is 0 Å². The fourth-order valence-corrected chi connectivity index (χ4v) is 2.40. The van der Waals surface area contributed by atoms with E-state index in [2.05, 4.69) is 5.32 Å². The summed E-state index contributed by atoms with van der Waals surface area (Å²) in [6.07, 6.45) is 0.111. The summed E-state index contributed by atoms with van der Waals surface area (Å²) in [6, 6.07) is -0.710. The van der Waals surface area contributed by atoms with Gasteiger partial charge < -0.3 is 25.2 Å². The summed E-state index contributed by atoms with van der Waals surface area (Å²) in [6.45, 7) is 7.01. The molecule has 2 atom stereocenters. The zero-order valence-electron chi connectivity index (χ0n) is 13.0. The van der Waals surface area contributed by atoms with Crippen LogP contribution in [0.15, 0.2) is 0 Å². The number of ether oxygens (including phenoxy) is 1. The van der Waals surface area contributed by atoms with E-state index in [9.17, 15) is 9.59 Å². The van der Waals surface area contributed by atoms with Crippen molar-refractivity contribution in [1.29, 1.82) is 0 Å². The van der Waals surface area contributed by atoms with Gasteiger partial charge in [-0.05, 0) is 11.8 Å². The van der Waals surface area contributed by atoms with Crippen molar-refractivity contribution in [2.75, 3.05) is 26.3 Å². The summed E-state index contributed by atoms with van der Waals surface area (Å²) in [5.74, 6) is -0.931. The average molecular weight is 302 g/mol. The summed E-state index contributed by atoms with van der Waals surface area (Å²) in [5.41, 5.74) is -0.0773. The monoisotopic (exact) mass is 302 g/mol. The summed E-state index contributed by atoms with van der Waals surface area (Å²) in [5, 5.41) is 20.8. The Kier molecular flexibility index (Phi) is 6.42. The Hall–Kier alpha value is -1.34. The van der Waals surface area contributed by atoms with Crippen molar-refractivity contribution in [3.63, 3.8) is 0 Å². The zero-order valence-corrected chi connectivity index (χ0v) is 13.0. The Morgan fingerprint density at radius 1 is 1.43 bits per heavy atom. The molecule has 0 spiro atoms. The molecule has 1 saturated heterocycles. The summed E-state index contributed by atoms with van der Waals surface area (Å²) >= 11 is 0. The van der Waals surface area contributed by atoms with Crippen LogP contribution in [0, 0.1) is 5.41 Å². The summed E-state index contributed by atoms with van der Waals surface area (Å²) in [7, 11) is 0. The number of hydrogen-bond acceptors (Lipinski definition) is 4. The van der Waals surface area contributed by atoms with Crippen molar-refractivity contribution < 1.29 is 24.5 Å². The van der Waals surface area contributed by atoms with Gasteiger partial charge in [-0.1, -0.05) is 20.8 Å². The first-order valence-electron chi connectivity index (χ1n) is 7.21. The normalized spacial score (nSPS) is 21.0. The molecule has 0 radical (unpaired) electrons. The highest BCUT2D eigenvalue weighted by atomic mass is 16.5. The lowest BCUT2D eigenvalue weighted by Crippen LogP contribution is -2.53. The van der Waals surface area contributed by atoms with Gasteiger partial charge in [0.25, 0.3) is 0 Å². The van der Waals surface area contributed by atoms with Crippen LogP contribution in [0.2, 0.25) is 0 Å². The number of rotatable bonds is 5. The number of carbonyl (C=O) groups excluding carboxylic acids is 1. The maximum atomic E-state index is 12.2. The zero-order chi connectivity index (χ0) is 16.0. The van der Waals surface area contributed by atoms with Crippen molar-refractivity contribution in [2.45, 2.75) is 45.8 Å². The van der Waals surface area contributed by atoms with Gasteiger partial charge in [-0.2, -0.15) is 0 Å². The molecule has 2 unspecified atom stereocenters. The maximum Gasteiger partial charge on any atom is 0.317 e. The molecule has 1 fully saturated rings. The van der Waals surface area contributed by atoms with E-state index in [4.69, 9.17) is 14.9 Å². The van der Waals surface area contributed by atoms with Gasteiger partial charge in [0.2, 0.25) is 0 Å². The Bertz CT molecular complexity index is 367. The van der Waals surface area contributed by atoms with Gasteiger partial charge in [0.15, 0.2) is 0 Å². The molecule has 1 aliphatic rings. The van der Waals surface area contributed by atoms with Gasteiger partial charge in [0.1, 0.15) is 0 Å². The lowest BCUT2D eigenvalue weighted by Gasteiger charge is -2.34. The van der Waals surface area contributed by atoms with Gasteiger partial charge in [-0.15, -0.1) is 0 Å². The van der Waals surface area contributed by atoms with Crippen LogP contribution in [0.5, 0.6) is 0 Å². The second-order valence-electron chi connectivity index (χ2n) is 6.63. The Labute approximate surface area is 125 Å². The van der Waals surface area contributed by atoms with Gasteiger partial charge in [-0.25, -0.2) is 4.79 Å². The number of aliphatic hydroxyl groups excluding tert-OH is 1. The van der Waals surface area contributed by atoms with Crippen LogP contribution in [-0.4, -0.2) is 65.6 Å². The number of nitrogens with zero attached hydrogens (tertiary/aromatic N) is 1. The van der Waals surface area contributed by atoms with E-state index in [1.54, 1.807) is 4.90 Å². The molecule has 0 bridgehead atoms. The van der Waals surface area contributed by atoms with E-state index < -0.39 is 12.0 Å². The fraction of sp³-hybridized carbons (Fsp3) is 0.857. The van der Waals surface area contributed by atoms with Crippen molar-refractivity contribution in [1.82, 2.24) is 10.2 Å². The van der Waals surface area contributed by atoms with Crippen LogP contribution < -0.4 is 5.32 Å². The standard InChI is InChI=1S/C14H26N2O5/c1-14(2,3)7-10(6-12(18)19)15-13(20)16-4-5-21-11(8-16)9-17/h10-11,17H,4-9H2,1-3H3,(H,15,20)(H,18,19). The second kappa shape index (κ2) is 7.61. The van der Waals surface area contributed by atoms with Crippen LogP contribution in [0.3, 0.4) is 0 Å².